The van der Waals surface area contributed by atoms with Gasteiger partial charge >= 0.3 is 0 Å². The van der Waals surface area contributed by atoms with E-state index in [1.54, 1.807) is 29.7 Å². The first kappa shape index (κ1) is 17.8. The van der Waals surface area contributed by atoms with Crippen LogP contribution in [-0.4, -0.2) is 10.9 Å². The largest absolute Gasteiger partial charge is 0.220 e. The molecular weight excluding hydrogens is 340 g/mol. The first-order valence-electron chi connectivity index (χ1n) is 8.43. The first-order chi connectivity index (χ1) is 12.6. The van der Waals surface area contributed by atoms with E-state index in [-0.39, 0.29) is 0 Å². The summed E-state index contributed by atoms with van der Waals surface area (Å²) in [5, 5.41) is 15.5. The van der Waals surface area contributed by atoms with Crippen molar-refractivity contribution in [3.8, 4) is 6.07 Å². The minimum absolute atomic E-state index is 0.509. The Hall–Kier alpha value is -2.97. The second-order valence-corrected chi connectivity index (χ2v) is 7.14. The molecule has 4 nitrogen and oxygen atoms in total. The molecule has 0 fully saturated rings. The third-order valence-electron chi connectivity index (χ3n) is 4.00. The van der Waals surface area contributed by atoms with Crippen LogP contribution in [0.5, 0.6) is 0 Å². The zero-order chi connectivity index (χ0) is 18.5. The summed E-state index contributed by atoms with van der Waals surface area (Å²) in [5.41, 5.74) is 4.82. The van der Waals surface area contributed by atoms with Crippen LogP contribution in [0.25, 0.3) is 0 Å². The van der Waals surface area contributed by atoms with Gasteiger partial charge in [-0.1, -0.05) is 38.1 Å². The van der Waals surface area contributed by atoms with Crippen LogP contribution in [0.3, 0.4) is 0 Å². The maximum Gasteiger partial charge on any atom is 0.211 e. The van der Waals surface area contributed by atoms with E-state index in [0.29, 0.717) is 11.5 Å². The van der Waals surface area contributed by atoms with Crippen molar-refractivity contribution in [1.82, 2.24) is 4.68 Å². The van der Waals surface area contributed by atoms with Crippen molar-refractivity contribution in [3.05, 3.63) is 81.1 Å². The quantitative estimate of drug-likeness (QED) is 0.606. The second kappa shape index (κ2) is 7.94. The molecule has 0 N–H and O–H groups in total. The van der Waals surface area contributed by atoms with E-state index >= 15 is 0 Å². The molecule has 0 spiro atoms. The summed E-state index contributed by atoms with van der Waals surface area (Å²) < 4.78 is 1.83. The van der Waals surface area contributed by atoms with E-state index in [2.05, 4.69) is 37.2 Å². The highest BCUT2D eigenvalue weighted by Gasteiger charge is 2.01. The topological polar surface area (TPSA) is 53.4 Å². The van der Waals surface area contributed by atoms with Crippen molar-refractivity contribution < 1.29 is 0 Å². The summed E-state index contributed by atoms with van der Waals surface area (Å²) in [5.74, 6) is 0.509. The number of hydrogen-bond donors (Lipinski definition) is 0. The smallest absolute Gasteiger partial charge is 0.211 e. The lowest BCUT2D eigenvalue weighted by Gasteiger charge is -2.04. The maximum absolute atomic E-state index is 8.87. The van der Waals surface area contributed by atoms with Gasteiger partial charge in [-0.2, -0.15) is 10.4 Å². The summed E-state index contributed by atoms with van der Waals surface area (Å²) in [4.78, 5) is 5.55. The summed E-state index contributed by atoms with van der Waals surface area (Å²) in [7, 11) is 0. The summed E-state index contributed by atoms with van der Waals surface area (Å²) in [6.45, 7) is 6.37. The molecule has 0 unspecified atom stereocenters. The lowest BCUT2D eigenvalue weighted by molar-refractivity contribution is 0.809. The second-order valence-electron chi connectivity index (χ2n) is 6.31. The Balaban J connectivity index is 1.90. The number of benzene rings is 2. The van der Waals surface area contributed by atoms with Crippen molar-refractivity contribution >= 4 is 23.2 Å². The fourth-order valence-electron chi connectivity index (χ4n) is 2.42. The highest BCUT2D eigenvalue weighted by molar-refractivity contribution is 7.07. The summed E-state index contributed by atoms with van der Waals surface area (Å²) >= 11 is 1.56. The lowest BCUT2D eigenvalue weighted by atomic mass is 10.0. The van der Waals surface area contributed by atoms with Crippen LogP contribution in [0, 0.1) is 18.3 Å². The average molecular weight is 360 g/mol. The number of rotatable bonds is 4. The Morgan fingerprint density at radius 1 is 1.08 bits per heavy atom. The summed E-state index contributed by atoms with van der Waals surface area (Å²) in [6, 6.07) is 17.8. The summed E-state index contributed by atoms with van der Waals surface area (Å²) in [6.07, 6.45) is 1.78. The average Bonchev–Trinajstić information content (AvgIpc) is 3.00. The molecule has 2 aromatic carbocycles. The zero-order valence-corrected chi connectivity index (χ0v) is 15.9. The van der Waals surface area contributed by atoms with E-state index in [0.717, 1.165) is 21.7 Å². The van der Waals surface area contributed by atoms with Crippen LogP contribution < -0.4 is 4.80 Å². The van der Waals surface area contributed by atoms with Crippen LogP contribution in [0.15, 0.2) is 64.0 Å². The van der Waals surface area contributed by atoms with Crippen molar-refractivity contribution in [3.63, 3.8) is 0 Å². The Morgan fingerprint density at radius 3 is 2.38 bits per heavy atom. The molecule has 5 heteroatoms. The molecule has 0 amide bonds. The monoisotopic (exact) mass is 360 g/mol. The normalized spacial score (nSPS) is 12.0. The van der Waals surface area contributed by atoms with E-state index in [1.165, 1.54) is 5.56 Å². The lowest BCUT2D eigenvalue weighted by Crippen LogP contribution is -2.11. The molecule has 0 aliphatic heterocycles. The predicted molar refractivity (Wildman–Crippen MR) is 107 cm³/mol. The van der Waals surface area contributed by atoms with Crippen LogP contribution in [0.4, 0.5) is 5.69 Å². The van der Waals surface area contributed by atoms with Crippen LogP contribution in [0.2, 0.25) is 0 Å². The molecule has 0 saturated heterocycles. The molecule has 0 aliphatic carbocycles. The number of hydrogen-bond acceptors (Lipinski definition) is 4. The number of nitriles is 1. The van der Waals surface area contributed by atoms with E-state index in [1.807, 2.05) is 41.2 Å². The van der Waals surface area contributed by atoms with Gasteiger partial charge in [0.1, 0.15) is 0 Å². The Labute approximate surface area is 157 Å². The van der Waals surface area contributed by atoms with Crippen molar-refractivity contribution in [2.45, 2.75) is 26.7 Å². The third-order valence-corrected chi connectivity index (χ3v) is 4.93. The van der Waals surface area contributed by atoms with Crippen molar-refractivity contribution in [2.75, 3.05) is 0 Å². The number of thiazole rings is 1. The molecule has 0 aliphatic rings. The van der Waals surface area contributed by atoms with Gasteiger partial charge < -0.3 is 0 Å². The minimum atomic E-state index is 0.509. The molecule has 0 radical (unpaired) electrons. The Bertz CT molecular complexity index is 1010. The molecule has 26 heavy (non-hydrogen) atoms. The van der Waals surface area contributed by atoms with Gasteiger partial charge in [-0.3, -0.25) is 0 Å². The van der Waals surface area contributed by atoms with Gasteiger partial charge in [-0.05, 0) is 48.2 Å². The van der Waals surface area contributed by atoms with Gasteiger partial charge in [0.15, 0.2) is 0 Å². The van der Waals surface area contributed by atoms with Gasteiger partial charge in [-0.15, -0.1) is 11.3 Å². The van der Waals surface area contributed by atoms with Gasteiger partial charge in [0.25, 0.3) is 0 Å². The fraction of sp³-hybridized carbons (Fsp3) is 0.190. The van der Waals surface area contributed by atoms with Gasteiger partial charge in [0, 0.05) is 5.38 Å². The molecule has 0 atom stereocenters. The van der Waals surface area contributed by atoms with Gasteiger partial charge in [-0.25, -0.2) is 9.67 Å². The molecule has 1 aromatic heterocycles. The highest BCUT2D eigenvalue weighted by Crippen LogP contribution is 2.18. The van der Waals surface area contributed by atoms with Crippen LogP contribution in [0.1, 0.15) is 42.1 Å². The number of aromatic nitrogens is 1. The molecule has 3 rings (SSSR count). The van der Waals surface area contributed by atoms with Gasteiger partial charge in [0.05, 0.1) is 29.2 Å². The van der Waals surface area contributed by atoms with Crippen LogP contribution in [-0.2, 0) is 0 Å². The first-order valence-corrected chi connectivity index (χ1v) is 9.31. The zero-order valence-electron chi connectivity index (χ0n) is 15.0. The van der Waals surface area contributed by atoms with E-state index in [4.69, 9.17) is 10.3 Å². The molecule has 0 saturated carbocycles. The third kappa shape index (κ3) is 4.16. The van der Waals surface area contributed by atoms with Gasteiger partial charge in [0.2, 0.25) is 4.80 Å². The number of nitrogens with zero attached hydrogens (tertiary/aromatic N) is 4. The molecule has 0 bridgehead atoms. The Morgan fingerprint density at radius 2 is 1.77 bits per heavy atom. The van der Waals surface area contributed by atoms with Crippen LogP contribution >= 0.6 is 11.3 Å². The Kier molecular flexibility index (Phi) is 5.45. The van der Waals surface area contributed by atoms with Crippen molar-refractivity contribution in [1.29, 1.82) is 5.26 Å². The minimum Gasteiger partial charge on any atom is -0.220 e. The van der Waals surface area contributed by atoms with Crippen molar-refractivity contribution in [2.24, 2.45) is 10.1 Å². The maximum atomic E-state index is 8.87. The SMILES string of the molecule is Cc1csc(=Nc2ccc(C(C)C)cc2)n1N=Cc1ccc(C#N)cc1. The molecule has 1 heterocycles. The van der Waals surface area contributed by atoms with E-state index < -0.39 is 0 Å². The highest BCUT2D eigenvalue weighted by atomic mass is 32.1. The fourth-order valence-corrected chi connectivity index (χ4v) is 3.24. The molecular formula is C21H20N4S. The molecule has 130 valence electrons. The predicted octanol–water partition coefficient (Wildman–Crippen LogP) is 4.97. The standard InChI is InChI=1S/C21H20N4S/c1-15(2)19-8-10-20(11-9-19)24-21-25(16(3)14-26-21)23-13-18-6-4-17(12-22)5-7-18/h4-11,13-15H,1-3H3. The number of aryl methyl sites for hydroxylation is 1. The molecule has 3 aromatic rings. The van der Waals surface area contributed by atoms with E-state index in [9.17, 15) is 0 Å².